The van der Waals surface area contributed by atoms with Crippen LogP contribution in [0.25, 0.3) is 10.9 Å². The van der Waals surface area contributed by atoms with Crippen molar-refractivity contribution >= 4 is 16.8 Å². The van der Waals surface area contributed by atoms with Gasteiger partial charge in [0, 0.05) is 36.6 Å². The lowest BCUT2D eigenvalue weighted by atomic mass is 10.1. The molecule has 0 unspecified atom stereocenters. The second-order valence-corrected chi connectivity index (χ2v) is 6.34. The van der Waals surface area contributed by atoms with Crippen molar-refractivity contribution in [2.75, 3.05) is 6.54 Å². The van der Waals surface area contributed by atoms with Crippen LogP contribution in [-0.4, -0.2) is 37.1 Å². The normalized spacial score (nSPS) is 14.1. The zero-order valence-corrected chi connectivity index (χ0v) is 13.8. The molecule has 1 amide bonds. The van der Waals surface area contributed by atoms with E-state index in [1.807, 2.05) is 17.9 Å². The van der Waals surface area contributed by atoms with Crippen molar-refractivity contribution in [1.29, 1.82) is 0 Å². The minimum Gasteiger partial charge on any atom is -0.361 e. The van der Waals surface area contributed by atoms with Crippen molar-refractivity contribution in [2.24, 2.45) is 0 Å². The molecule has 0 saturated carbocycles. The van der Waals surface area contributed by atoms with Gasteiger partial charge in [-0.2, -0.15) is 0 Å². The number of hydrogen-bond donors (Lipinski definition) is 1. The molecule has 6 heteroatoms. The van der Waals surface area contributed by atoms with Gasteiger partial charge >= 0.3 is 0 Å². The molecule has 0 bridgehead atoms. The number of hydrogen-bond acceptors (Lipinski definition) is 3. The van der Waals surface area contributed by atoms with Gasteiger partial charge in [-0.3, -0.25) is 4.79 Å². The predicted molar refractivity (Wildman–Crippen MR) is 91.4 cm³/mol. The summed E-state index contributed by atoms with van der Waals surface area (Å²) in [6.45, 7) is 4.07. The molecule has 3 heterocycles. The summed E-state index contributed by atoms with van der Waals surface area (Å²) in [7, 11) is 0. The molecule has 0 saturated heterocycles. The Kier molecular flexibility index (Phi) is 3.80. The maximum absolute atomic E-state index is 12.5. The van der Waals surface area contributed by atoms with Crippen LogP contribution in [0.1, 0.15) is 30.1 Å². The Balaban J connectivity index is 1.34. The number of para-hydroxylation sites is 1. The Morgan fingerprint density at radius 3 is 3.04 bits per heavy atom. The van der Waals surface area contributed by atoms with E-state index in [4.69, 9.17) is 0 Å². The van der Waals surface area contributed by atoms with Crippen LogP contribution >= 0.6 is 0 Å². The Labute approximate surface area is 140 Å². The molecule has 1 N–H and O–H groups in total. The highest BCUT2D eigenvalue weighted by atomic mass is 16.2. The van der Waals surface area contributed by atoms with Gasteiger partial charge < -0.3 is 14.5 Å². The SMILES string of the molecule is Cc1nnc2n1CCN(C(=O)CCCc1c[nH]c3ccccc13)C2. The maximum atomic E-state index is 12.5. The van der Waals surface area contributed by atoms with Gasteiger partial charge in [-0.05, 0) is 31.4 Å². The number of benzene rings is 1. The lowest BCUT2D eigenvalue weighted by Gasteiger charge is -2.27. The first kappa shape index (κ1) is 14.9. The largest absolute Gasteiger partial charge is 0.361 e. The second kappa shape index (κ2) is 6.11. The van der Waals surface area contributed by atoms with Crippen LogP contribution in [0.15, 0.2) is 30.5 Å². The fourth-order valence-corrected chi connectivity index (χ4v) is 3.44. The molecule has 24 heavy (non-hydrogen) atoms. The fourth-order valence-electron chi connectivity index (χ4n) is 3.44. The molecule has 0 atom stereocenters. The molecule has 2 aromatic heterocycles. The summed E-state index contributed by atoms with van der Waals surface area (Å²) >= 11 is 0. The lowest BCUT2D eigenvalue weighted by Crippen LogP contribution is -2.38. The van der Waals surface area contributed by atoms with Gasteiger partial charge in [0.15, 0.2) is 5.82 Å². The Bertz CT molecular complexity index is 879. The number of H-pyrrole nitrogens is 1. The standard InChI is InChI=1S/C18H21N5O/c1-13-20-21-17-12-22(9-10-23(13)17)18(24)8-4-5-14-11-19-16-7-3-2-6-15(14)16/h2-3,6-7,11,19H,4-5,8-10,12H2,1H3. The van der Waals surface area contributed by atoms with Crippen molar-refractivity contribution in [1.82, 2.24) is 24.6 Å². The summed E-state index contributed by atoms with van der Waals surface area (Å²) in [4.78, 5) is 17.7. The van der Waals surface area contributed by atoms with Crippen molar-refractivity contribution in [3.8, 4) is 0 Å². The van der Waals surface area contributed by atoms with Crippen LogP contribution in [0.4, 0.5) is 0 Å². The molecule has 0 radical (unpaired) electrons. The minimum atomic E-state index is 0.210. The quantitative estimate of drug-likeness (QED) is 0.802. The number of aromatic nitrogens is 4. The van der Waals surface area contributed by atoms with E-state index in [0.717, 1.165) is 43.1 Å². The second-order valence-electron chi connectivity index (χ2n) is 6.34. The number of nitrogens with zero attached hydrogens (tertiary/aromatic N) is 4. The highest BCUT2D eigenvalue weighted by molar-refractivity contribution is 5.83. The maximum Gasteiger partial charge on any atom is 0.223 e. The summed E-state index contributed by atoms with van der Waals surface area (Å²) in [6.07, 6.45) is 4.41. The van der Waals surface area contributed by atoms with Crippen molar-refractivity contribution in [2.45, 2.75) is 39.3 Å². The number of aryl methyl sites for hydroxylation is 2. The molecule has 0 fully saturated rings. The smallest absolute Gasteiger partial charge is 0.223 e. The number of amides is 1. The molecular formula is C18H21N5O. The molecule has 124 valence electrons. The number of carbonyl (C=O) groups is 1. The predicted octanol–water partition coefficient (Wildman–Crippen LogP) is 2.43. The Morgan fingerprint density at radius 2 is 2.12 bits per heavy atom. The highest BCUT2D eigenvalue weighted by Crippen LogP contribution is 2.20. The summed E-state index contributed by atoms with van der Waals surface area (Å²) in [5, 5.41) is 9.50. The first-order valence-electron chi connectivity index (χ1n) is 8.44. The van der Waals surface area contributed by atoms with Crippen molar-refractivity contribution in [3.05, 3.63) is 47.7 Å². The first-order valence-corrected chi connectivity index (χ1v) is 8.44. The number of nitrogens with one attached hydrogen (secondary N) is 1. The summed E-state index contributed by atoms with van der Waals surface area (Å²) < 4.78 is 2.09. The fraction of sp³-hybridized carbons (Fsp3) is 0.389. The van der Waals surface area contributed by atoms with E-state index in [1.54, 1.807) is 0 Å². The van der Waals surface area contributed by atoms with E-state index in [-0.39, 0.29) is 5.91 Å². The zero-order valence-electron chi connectivity index (χ0n) is 13.8. The molecular weight excluding hydrogens is 302 g/mol. The van der Waals surface area contributed by atoms with E-state index in [1.165, 1.54) is 10.9 Å². The zero-order chi connectivity index (χ0) is 16.5. The third-order valence-corrected chi connectivity index (χ3v) is 4.80. The average Bonchev–Trinajstić information content (AvgIpc) is 3.19. The van der Waals surface area contributed by atoms with E-state index in [9.17, 15) is 4.79 Å². The van der Waals surface area contributed by atoms with Crippen molar-refractivity contribution in [3.63, 3.8) is 0 Å². The Morgan fingerprint density at radius 1 is 1.25 bits per heavy atom. The lowest BCUT2D eigenvalue weighted by molar-refractivity contribution is -0.132. The number of rotatable bonds is 4. The first-order chi connectivity index (χ1) is 11.7. The molecule has 1 aliphatic heterocycles. The molecule has 6 nitrogen and oxygen atoms in total. The summed E-state index contributed by atoms with van der Waals surface area (Å²) in [5.41, 5.74) is 2.44. The van der Waals surface area contributed by atoms with Crippen LogP contribution < -0.4 is 0 Å². The molecule has 1 aromatic carbocycles. The van der Waals surface area contributed by atoms with Crippen LogP contribution in [0.3, 0.4) is 0 Å². The average molecular weight is 323 g/mol. The molecule has 0 aliphatic carbocycles. The molecule has 1 aliphatic rings. The summed E-state index contributed by atoms with van der Waals surface area (Å²) in [5.74, 6) is 2.03. The van der Waals surface area contributed by atoms with E-state index in [2.05, 4.69) is 44.1 Å². The van der Waals surface area contributed by atoms with Crippen LogP contribution in [0.5, 0.6) is 0 Å². The van der Waals surface area contributed by atoms with E-state index >= 15 is 0 Å². The third-order valence-electron chi connectivity index (χ3n) is 4.80. The topological polar surface area (TPSA) is 66.8 Å². The molecule has 3 aromatic rings. The minimum absolute atomic E-state index is 0.210. The van der Waals surface area contributed by atoms with Gasteiger partial charge in [-0.1, -0.05) is 18.2 Å². The number of carbonyl (C=O) groups excluding carboxylic acids is 1. The van der Waals surface area contributed by atoms with Gasteiger partial charge in [0.2, 0.25) is 5.91 Å². The number of aromatic amines is 1. The van der Waals surface area contributed by atoms with Crippen LogP contribution in [0, 0.1) is 6.92 Å². The molecule has 4 rings (SSSR count). The van der Waals surface area contributed by atoms with Gasteiger partial charge in [-0.25, -0.2) is 0 Å². The van der Waals surface area contributed by atoms with Gasteiger partial charge in [0.05, 0.1) is 6.54 Å². The van der Waals surface area contributed by atoms with Gasteiger partial charge in [-0.15, -0.1) is 10.2 Å². The summed E-state index contributed by atoms with van der Waals surface area (Å²) in [6, 6.07) is 8.29. The highest BCUT2D eigenvalue weighted by Gasteiger charge is 2.22. The van der Waals surface area contributed by atoms with Gasteiger partial charge in [0.25, 0.3) is 0 Å². The third kappa shape index (κ3) is 2.68. The Hall–Kier alpha value is -2.63. The monoisotopic (exact) mass is 323 g/mol. The molecule has 0 spiro atoms. The van der Waals surface area contributed by atoms with E-state index < -0.39 is 0 Å². The number of fused-ring (bicyclic) bond motifs is 2. The van der Waals surface area contributed by atoms with Crippen LogP contribution in [0.2, 0.25) is 0 Å². The van der Waals surface area contributed by atoms with Crippen molar-refractivity contribution < 1.29 is 4.79 Å². The van der Waals surface area contributed by atoms with Crippen LogP contribution in [-0.2, 0) is 24.3 Å². The van der Waals surface area contributed by atoms with E-state index in [0.29, 0.717) is 13.0 Å². The van der Waals surface area contributed by atoms with Gasteiger partial charge in [0.1, 0.15) is 5.82 Å².